The van der Waals surface area contributed by atoms with Gasteiger partial charge in [0.15, 0.2) is 5.78 Å². The number of halogens is 3. The molecule has 0 heterocycles. The molecular weight excluding hydrogens is 329 g/mol. The minimum atomic E-state index is -0.972. The zero-order valence-electron chi connectivity index (χ0n) is 11.0. The molecule has 21 heavy (non-hydrogen) atoms. The normalized spacial score (nSPS) is 11.8. The number of hydrogen-bond acceptors (Lipinski definition) is 2. The minimum Gasteiger partial charge on any atom is -0.292 e. The zero-order valence-corrected chi connectivity index (χ0v) is 13.3. The maximum Gasteiger partial charge on any atom is 0.185 e. The monoisotopic (exact) mass is 337 g/mol. The molecule has 1 atom stereocenters. The lowest BCUT2D eigenvalue weighted by Crippen LogP contribution is -2.12. The molecule has 0 aliphatic carbocycles. The second-order valence-corrected chi connectivity index (χ2v) is 5.80. The van der Waals surface area contributed by atoms with Gasteiger partial charge < -0.3 is 0 Å². The first kappa shape index (κ1) is 15.9. The van der Waals surface area contributed by atoms with Gasteiger partial charge in [0, 0.05) is 5.56 Å². The van der Waals surface area contributed by atoms with E-state index in [9.17, 15) is 10.1 Å². The number of nitriles is 1. The van der Waals surface area contributed by atoms with Gasteiger partial charge in [-0.25, -0.2) is 0 Å². The Hall–Kier alpha value is -1.53. The third kappa shape index (κ3) is 3.39. The first-order chi connectivity index (χ1) is 9.93. The molecule has 1 unspecified atom stereocenters. The molecule has 106 valence electrons. The van der Waals surface area contributed by atoms with Gasteiger partial charge in [0.1, 0.15) is 5.92 Å². The van der Waals surface area contributed by atoms with Crippen LogP contribution in [0.15, 0.2) is 36.4 Å². The van der Waals surface area contributed by atoms with Crippen molar-refractivity contribution in [3.8, 4) is 6.07 Å². The van der Waals surface area contributed by atoms with Crippen LogP contribution < -0.4 is 0 Å². The van der Waals surface area contributed by atoms with E-state index < -0.39 is 5.92 Å². The van der Waals surface area contributed by atoms with Crippen LogP contribution in [0.2, 0.25) is 15.1 Å². The summed E-state index contributed by atoms with van der Waals surface area (Å²) >= 11 is 17.9. The molecule has 0 aliphatic rings. The smallest absolute Gasteiger partial charge is 0.185 e. The average Bonchev–Trinajstić information content (AvgIpc) is 2.43. The fourth-order valence-electron chi connectivity index (χ4n) is 1.95. The number of carbonyl (C=O) groups is 1. The fourth-order valence-corrected chi connectivity index (χ4v) is 2.59. The first-order valence-corrected chi connectivity index (χ1v) is 7.22. The molecule has 0 saturated heterocycles. The van der Waals surface area contributed by atoms with Crippen LogP contribution in [0.25, 0.3) is 0 Å². The Balaban J connectivity index is 2.43. The molecule has 0 aromatic heterocycles. The summed E-state index contributed by atoms with van der Waals surface area (Å²) in [5.74, 6) is -1.33. The predicted molar refractivity (Wildman–Crippen MR) is 85.3 cm³/mol. The quantitative estimate of drug-likeness (QED) is 0.699. The number of Topliss-reactive ketones (excluding diaryl/α,β-unsaturated/α-hetero) is 1. The number of rotatable bonds is 3. The molecule has 0 aliphatic heterocycles. The molecule has 2 rings (SSSR count). The fraction of sp³-hybridized carbons (Fsp3) is 0.125. The van der Waals surface area contributed by atoms with Crippen LogP contribution in [0.4, 0.5) is 0 Å². The maximum atomic E-state index is 12.5. The molecule has 2 aromatic carbocycles. The summed E-state index contributed by atoms with van der Waals surface area (Å²) in [6.07, 6.45) is 0. The second kappa shape index (κ2) is 6.49. The van der Waals surface area contributed by atoms with E-state index in [2.05, 4.69) is 0 Å². The predicted octanol–water partition coefficient (Wildman–Crippen LogP) is 5.45. The van der Waals surface area contributed by atoms with Crippen molar-refractivity contribution in [2.45, 2.75) is 12.8 Å². The van der Waals surface area contributed by atoms with Crippen molar-refractivity contribution >= 4 is 40.6 Å². The Morgan fingerprint density at radius 3 is 2.33 bits per heavy atom. The molecule has 0 saturated carbocycles. The van der Waals surface area contributed by atoms with Crippen LogP contribution in [0, 0.1) is 18.3 Å². The Morgan fingerprint density at radius 1 is 1.05 bits per heavy atom. The molecule has 2 aromatic rings. The molecule has 2 nitrogen and oxygen atoms in total. The molecular formula is C16H10Cl3NO. The number of aryl methyl sites for hydroxylation is 1. The first-order valence-electron chi connectivity index (χ1n) is 6.09. The number of benzene rings is 2. The van der Waals surface area contributed by atoms with Crippen molar-refractivity contribution in [2.24, 2.45) is 0 Å². The van der Waals surface area contributed by atoms with E-state index >= 15 is 0 Å². The summed E-state index contributed by atoms with van der Waals surface area (Å²) in [5, 5.41) is 10.3. The summed E-state index contributed by atoms with van der Waals surface area (Å²) in [5.41, 5.74) is 1.76. The van der Waals surface area contributed by atoms with Gasteiger partial charge in [-0.3, -0.25) is 4.79 Å². The summed E-state index contributed by atoms with van der Waals surface area (Å²) < 4.78 is 0. The molecule has 5 heteroatoms. The number of nitrogens with zero attached hydrogens (tertiary/aromatic N) is 1. The van der Waals surface area contributed by atoms with E-state index in [-0.39, 0.29) is 5.78 Å². The van der Waals surface area contributed by atoms with Gasteiger partial charge in [-0.05, 0) is 42.3 Å². The molecule has 0 radical (unpaired) electrons. The van der Waals surface area contributed by atoms with Crippen LogP contribution in [0.1, 0.15) is 27.4 Å². The third-order valence-corrected chi connectivity index (χ3v) is 4.11. The summed E-state index contributed by atoms with van der Waals surface area (Å²) in [7, 11) is 0. The van der Waals surface area contributed by atoms with Gasteiger partial charge >= 0.3 is 0 Å². The number of ketones is 1. The highest BCUT2D eigenvalue weighted by molar-refractivity contribution is 6.42. The average molecular weight is 339 g/mol. The van der Waals surface area contributed by atoms with Crippen molar-refractivity contribution in [1.29, 1.82) is 5.26 Å². The number of carbonyl (C=O) groups excluding carboxylic acids is 1. The highest BCUT2D eigenvalue weighted by Crippen LogP contribution is 2.30. The van der Waals surface area contributed by atoms with Crippen molar-refractivity contribution in [1.82, 2.24) is 0 Å². The Labute approximate surface area is 137 Å². The molecule has 0 spiro atoms. The molecule has 0 fully saturated rings. The highest BCUT2D eigenvalue weighted by Gasteiger charge is 2.24. The van der Waals surface area contributed by atoms with E-state index in [1.165, 1.54) is 6.07 Å². The maximum absolute atomic E-state index is 12.5. The van der Waals surface area contributed by atoms with Gasteiger partial charge in [-0.15, -0.1) is 0 Å². The van der Waals surface area contributed by atoms with E-state index in [1.54, 1.807) is 30.3 Å². The lowest BCUT2D eigenvalue weighted by Gasteiger charge is -2.11. The van der Waals surface area contributed by atoms with Gasteiger partial charge in [-0.1, -0.05) is 46.9 Å². The van der Waals surface area contributed by atoms with Crippen molar-refractivity contribution < 1.29 is 4.79 Å². The van der Waals surface area contributed by atoms with E-state index in [0.29, 0.717) is 26.2 Å². The third-order valence-electron chi connectivity index (χ3n) is 3.06. The van der Waals surface area contributed by atoms with Crippen molar-refractivity contribution in [3.63, 3.8) is 0 Å². The minimum absolute atomic E-state index is 0.303. The largest absolute Gasteiger partial charge is 0.292 e. The molecule has 0 bridgehead atoms. The van der Waals surface area contributed by atoms with E-state index in [0.717, 1.165) is 5.56 Å². The Kier molecular flexibility index (Phi) is 4.90. The SMILES string of the molecule is Cc1ccc(C(=O)C(C#N)c2ccc(Cl)c(Cl)c2)c(Cl)c1. The summed E-state index contributed by atoms with van der Waals surface area (Å²) in [4.78, 5) is 12.5. The summed E-state index contributed by atoms with van der Waals surface area (Å²) in [6.45, 7) is 1.88. The van der Waals surface area contributed by atoms with Crippen LogP contribution in [-0.4, -0.2) is 5.78 Å². The lowest BCUT2D eigenvalue weighted by atomic mass is 9.91. The van der Waals surface area contributed by atoms with Crippen LogP contribution in [0.5, 0.6) is 0 Å². The summed E-state index contributed by atoms with van der Waals surface area (Å²) in [6, 6.07) is 11.8. The van der Waals surface area contributed by atoms with Crippen LogP contribution >= 0.6 is 34.8 Å². The van der Waals surface area contributed by atoms with Crippen molar-refractivity contribution in [3.05, 3.63) is 68.2 Å². The highest BCUT2D eigenvalue weighted by atomic mass is 35.5. The van der Waals surface area contributed by atoms with Gasteiger partial charge in [-0.2, -0.15) is 5.26 Å². The van der Waals surface area contributed by atoms with E-state index in [1.807, 2.05) is 13.0 Å². The van der Waals surface area contributed by atoms with Gasteiger partial charge in [0.25, 0.3) is 0 Å². The van der Waals surface area contributed by atoms with Crippen LogP contribution in [-0.2, 0) is 0 Å². The lowest BCUT2D eigenvalue weighted by molar-refractivity contribution is 0.0979. The van der Waals surface area contributed by atoms with Crippen molar-refractivity contribution in [2.75, 3.05) is 0 Å². The number of hydrogen-bond donors (Lipinski definition) is 0. The van der Waals surface area contributed by atoms with E-state index in [4.69, 9.17) is 34.8 Å². The standard InChI is InChI=1S/C16H10Cl3NO/c1-9-2-4-11(14(18)6-9)16(21)12(8-20)10-3-5-13(17)15(19)7-10/h2-7,12H,1H3. The Bertz CT molecular complexity index is 750. The van der Waals surface area contributed by atoms with Gasteiger partial charge in [0.2, 0.25) is 0 Å². The Morgan fingerprint density at radius 2 is 1.76 bits per heavy atom. The molecule has 0 amide bonds. The second-order valence-electron chi connectivity index (χ2n) is 4.58. The van der Waals surface area contributed by atoms with Gasteiger partial charge in [0.05, 0.1) is 21.1 Å². The molecule has 0 N–H and O–H groups in total. The van der Waals surface area contributed by atoms with Crippen LogP contribution in [0.3, 0.4) is 0 Å². The topological polar surface area (TPSA) is 40.9 Å². The zero-order chi connectivity index (χ0) is 15.6.